The Hall–Kier alpha value is -1.83. The molecule has 2 fully saturated rings. The van der Waals surface area contributed by atoms with Gasteiger partial charge < -0.3 is 21.9 Å². The van der Waals surface area contributed by atoms with E-state index in [1.165, 1.54) is 25.7 Å². The van der Waals surface area contributed by atoms with Crippen molar-refractivity contribution in [3.8, 4) is 0 Å². The highest BCUT2D eigenvalue weighted by Crippen LogP contribution is 2.34. The first-order chi connectivity index (χ1) is 12.0. The summed E-state index contributed by atoms with van der Waals surface area (Å²) in [5, 5.41) is 12.0. The maximum absolute atomic E-state index is 12.4. The second-order valence-electron chi connectivity index (χ2n) is 7.13. The molecule has 1 heterocycles. The molecule has 1 saturated heterocycles. The summed E-state index contributed by atoms with van der Waals surface area (Å²) in [5.41, 5.74) is 10.5. The molecule has 0 aromatic carbocycles. The predicted molar refractivity (Wildman–Crippen MR) is 96.0 cm³/mol. The minimum atomic E-state index is -1.02. The number of fused-ring (bicyclic) bond motifs is 1. The quantitative estimate of drug-likeness (QED) is 0.281. The van der Waals surface area contributed by atoms with Crippen LogP contribution in [0.3, 0.4) is 0 Å². The van der Waals surface area contributed by atoms with Crippen molar-refractivity contribution in [2.75, 3.05) is 19.6 Å². The van der Waals surface area contributed by atoms with E-state index in [-0.39, 0.29) is 11.9 Å². The minimum absolute atomic E-state index is 0.0111. The second-order valence-corrected chi connectivity index (χ2v) is 7.13. The summed E-state index contributed by atoms with van der Waals surface area (Å²) < 4.78 is 0. The minimum Gasteiger partial charge on any atom is -0.480 e. The number of nitrogens with zero attached hydrogens (tertiary/aromatic N) is 2. The number of rotatable bonds is 8. The average Bonchev–Trinajstić information content (AvgIpc) is 2.57. The highest BCUT2D eigenvalue weighted by atomic mass is 16.4. The number of nitrogens with two attached hydrogens (primary N) is 2. The lowest BCUT2D eigenvalue weighted by Gasteiger charge is -2.43. The summed E-state index contributed by atoms with van der Waals surface area (Å²) >= 11 is 0. The molecule has 0 spiro atoms. The van der Waals surface area contributed by atoms with E-state index in [1.807, 2.05) is 0 Å². The summed E-state index contributed by atoms with van der Waals surface area (Å²) in [6.45, 7) is 1.58. The lowest BCUT2D eigenvalue weighted by molar-refractivity contribution is -0.142. The van der Waals surface area contributed by atoms with E-state index >= 15 is 0 Å². The molecule has 3 atom stereocenters. The summed E-state index contributed by atoms with van der Waals surface area (Å²) in [6.07, 6.45) is 8.11. The number of hydrogen-bond acceptors (Lipinski definition) is 4. The van der Waals surface area contributed by atoms with E-state index in [0.717, 1.165) is 19.4 Å². The molecule has 2 rings (SSSR count). The van der Waals surface area contributed by atoms with Crippen LogP contribution >= 0.6 is 0 Å². The number of carbonyl (C=O) groups excluding carboxylic acids is 1. The topological polar surface area (TPSA) is 134 Å². The van der Waals surface area contributed by atoms with E-state index < -0.39 is 12.0 Å². The summed E-state index contributed by atoms with van der Waals surface area (Å²) in [7, 11) is 0. The fourth-order valence-electron chi connectivity index (χ4n) is 4.11. The van der Waals surface area contributed by atoms with Crippen LogP contribution in [0.1, 0.15) is 51.4 Å². The van der Waals surface area contributed by atoms with Gasteiger partial charge in [-0.2, -0.15) is 0 Å². The first kappa shape index (κ1) is 19.5. The second kappa shape index (κ2) is 9.60. The Morgan fingerprint density at radius 3 is 2.64 bits per heavy atom. The van der Waals surface area contributed by atoms with Gasteiger partial charge >= 0.3 is 5.97 Å². The number of likely N-dealkylation sites (tertiary alicyclic amines) is 1. The normalized spacial score (nSPS) is 24.8. The predicted octanol–water partition coefficient (Wildman–Crippen LogP) is 0.264. The molecule has 25 heavy (non-hydrogen) atoms. The number of carboxylic acid groups (broad SMARTS) is 1. The summed E-state index contributed by atoms with van der Waals surface area (Å²) in [5.74, 6) is -0.541. The van der Waals surface area contributed by atoms with Gasteiger partial charge in [-0.05, 0) is 51.0 Å². The average molecular weight is 353 g/mol. The molecule has 0 aromatic heterocycles. The molecule has 8 nitrogen and oxygen atoms in total. The fourth-order valence-corrected chi connectivity index (χ4v) is 4.11. The Kier molecular flexibility index (Phi) is 7.49. The lowest BCUT2D eigenvalue weighted by Crippen LogP contribution is -2.52. The van der Waals surface area contributed by atoms with Gasteiger partial charge in [-0.15, -0.1) is 0 Å². The Bertz CT molecular complexity index is 491. The van der Waals surface area contributed by atoms with Crippen molar-refractivity contribution < 1.29 is 14.7 Å². The SMILES string of the molecule is NC(N)=NCCCC(NC(=O)CN1CCCC2CCCCC21)C(=O)O. The van der Waals surface area contributed by atoms with Crippen LogP contribution in [0.2, 0.25) is 0 Å². The number of carboxylic acids is 1. The van der Waals surface area contributed by atoms with Gasteiger partial charge in [0.2, 0.25) is 5.91 Å². The van der Waals surface area contributed by atoms with E-state index in [9.17, 15) is 14.7 Å². The van der Waals surface area contributed by atoms with Crippen LogP contribution in [0.25, 0.3) is 0 Å². The summed E-state index contributed by atoms with van der Waals surface area (Å²) in [4.78, 5) is 29.8. The van der Waals surface area contributed by atoms with Crippen molar-refractivity contribution in [1.29, 1.82) is 0 Å². The van der Waals surface area contributed by atoms with Gasteiger partial charge in [-0.25, -0.2) is 4.79 Å². The first-order valence-electron chi connectivity index (χ1n) is 9.29. The molecule has 1 amide bonds. The largest absolute Gasteiger partial charge is 0.480 e. The summed E-state index contributed by atoms with van der Waals surface area (Å²) in [6, 6.07) is -0.410. The van der Waals surface area contributed by atoms with Crippen LogP contribution in [0.15, 0.2) is 4.99 Å². The number of carbonyl (C=O) groups is 2. The number of aliphatic carboxylic acids is 1. The standard InChI is InChI=1S/C17H31N5O3/c18-17(19)20-9-3-7-13(16(24)25)21-15(23)11-22-10-4-6-12-5-1-2-8-14(12)22/h12-14H,1-11H2,(H,21,23)(H,24,25)(H4,18,19,20). The van der Waals surface area contributed by atoms with Crippen LogP contribution in [-0.2, 0) is 9.59 Å². The Balaban J connectivity index is 1.81. The van der Waals surface area contributed by atoms with Gasteiger partial charge in [0.25, 0.3) is 0 Å². The number of aliphatic imine (C=N–C) groups is 1. The first-order valence-corrected chi connectivity index (χ1v) is 9.29. The maximum atomic E-state index is 12.4. The molecule has 1 aliphatic heterocycles. The molecule has 8 heteroatoms. The molecule has 142 valence electrons. The Morgan fingerprint density at radius 1 is 1.20 bits per heavy atom. The number of piperidine rings is 1. The van der Waals surface area contributed by atoms with E-state index in [4.69, 9.17) is 11.5 Å². The van der Waals surface area contributed by atoms with Crippen LogP contribution in [0.4, 0.5) is 0 Å². The van der Waals surface area contributed by atoms with Crippen molar-refractivity contribution in [1.82, 2.24) is 10.2 Å². The monoisotopic (exact) mass is 353 g/mol. The van der Waals surface area contributed by atoms with E-state index in [2.05, 4.69) is 15.2 Å². The molecule has 6 N–H and O–H groups in total. The third-order valence-electron chi connectivity index (χ3n) is 5.28. The van der Waals surface area contributed by atoms with Gasteiger partial charge in [-0.1, -0.05) is 12.8 Å². The number of guanidine groups is 1. The maximum Gasteiger partial charge on any atom is 0.326 e. The molecule has 0 aromatic rings. The zero-order valence-corrected chi connectivity index (χ0v) is 14.8. The van der Waals surface area contributed by atoms with Gasteiger partial charge in [0, 0.05) is 12.6 Å². The van der Waals surface area contributed by atoms with Gasteiger partial charge in [-0.3, -0.25) is 14.7 Å². The number of nitrogens with one attached hydrogen (secondary N) is 1. The van der Waals surface area contributed by atoms with Gasteiger partial charge in [0.05, 0.1) is 6.54 Å². The van der Waals surface area contributed by atoms with E-state index in [1.54, 1.807) is 0 Å². The highest BCUT2D eigenvalue weighted by Gasteiger charge is 2.34. The zero-order valence-electron chi connectivity index (χ0n) is 14.8. The highest BCUT2D eigenvalue weighted by molar-refractivity contribution is 5.84. The van der Waals surface area contributed by atoms with Crippen LogP contribution in [0, 0.1) is 5.92 Å². The molecule has 0 radical (unpaired) electrons. The number of amides is 1. The zero-order chi connectivity index (χ0) is 18.2. The molecule has 1 aliphatic carbocycles. The smallest absolute Gasteiger partial charge is 0.326 e. The molecular weight excluding hydrogens is 322 g/mol. The Labute approximate surface area is 149 Å². The lowest BCUT2D eigenvalue weighted by atomic mass is 9.78. The van der Waals surface area contributed by atoms with Crippen molar-refractivity contribution >= 4 is 17.8 Å². The van der Waals surface area contributed by atoms with Crippen molar-refractivity contribution in [3.63, 3.8) is 0 Å². The molecule has 1 saturated carbocycles. The third-order valence-corrected chi connectivity index (χ3v) is 5.28. The third kappa shape index (κ3) is 6.19. The van der Waals surface area contributed by atoms with Crippen LogP contribution < -0.4 is 16.8 Å². The number of hydrogen-bond donors (Lipinski definition) is 4. The van der Waals surface area contributed by atoms with Crippen LogP contribution in [0.5, 0.6) is 0 Å². The fraction of sp³-hybridized carbons (Fsp3) is 0.824. The van der Waals surface area contributed by atoms with E-state index in [0.29, 0.717) is 37.9 Å². The molecule has 0 bridgehead atoms. The van der Waals surface area contributed by atoms with Gasteiger partial charge in [0.1, 0.15) is 6.04 Å². The molecule has 2 aliphatic rings. The van der Waals surface area contributed by atoms with Gasteiger partial charge in [0.15, 0.2) is 5.96 Å². The van der Waals surface area contributed by atoms with Crippen molar-refractivity contribution in [2.24, 2.45) is 22.4 Å². The van der Waals surface area contributed by atoms with Crippen molar-refractivity contribution in [3.05, 3.63) is 0 Å². The van der Waals surface area contributed by atoms with Crippen molar-refractivity contribution in [2.45, 2.75) is 63.5 Å². The molecule has 3 unspecified atom stereocenters. The molecular formula is C17H31N5O3. The Morgan fingerprint density at radius 2 is 1.92 bits per heavy atom. The van der Waals surface area contributed by atoms with Crippen LogP contribution in [-0.4, -0.2) is 59.6 Å².